The van der Waals surface area contributed by atoms with Gasteiger partial charge >= 0.3 is 0 Å². The zero-order chi connectivity index (χ0) is 15.0. The van der Waals surface area contributed by atoms with E-state index in [-0.39, 0.29) is 5.56 Å². The Hall–Kier alpha value is -2.44. The molecule has 2 aromatic rings. The minimum absolute atomic E-state index is 0.174. The lowest BCUT2D eigenvalue weighted by Crippen LogP contribution is -2.59. The highest BCUT2D eigenvalue weighted by Crippen LogP contribution is 2.26. The molecule has 0 amide bonds. The van der Waals surface area contributed by atoms with Crippen molar-refractivity contribution in [3.63, 3.8) is 0 Å². The first kappa shape index (κ1) is 13.5. The van der Waals surface area contributed by atoms with Crippen LogP contribution in [0.4, 0.5) is 11.5 Å². The topological polar surface area (TPSA) is 78.0 Å². The van der Waals surface area contributed by atoms with Crippen LogP contribution >= 0.6 is 0 Å². The van der Waals surface area contributed by atoms with Crippen LogP contribution in [-0.4, -0.2) is 46.3 Å². The summed E-state index contributed by atoms with van der Waals surface area (Å²) in [5.74, 6) is 0.969. The van der Waals surface area contributed by atoms with Crippen LogP contribution in [-0.2, 0) is 0 Å². The highest BCUT2D eigenvalue weighted by molar-refractivity contribution is 5.53. The van der Waals surface area contributed by atoms with Crippen molar-refractivity contribution in [2.24, 2.45) is 0 Å². The first-order valence-corrected chi connectivity index (χ1v) is 6.87. The van der Waals surface area contributed by atoms with Crippen LogP contribution in [0.1, 0.15) is 11.3 Å². The van der Waals surface area contributed by atoms with Gasteiger partial charge in [-0.3, -0.25) is 4.79 Å². The highest BCUT2D eigenvalue weighted by atomic mass is 16.1. The number of anilines is 2. The summed E-state index contributed by atoms with van der Waals surface area (Å²) in [6.45, 7) is 5.73. The number of H-pyrrole nitrogens is 1. The van der Waals surface area contributed by atoms with Gasteiger partial charge in [-0.15, -0.1) is 0 Å². The molecular formula is C14H18N6O. The monoisotopic (exact) mass is 286 g/mol. The van der Waals surface area contributed by atoms with E-state index in [0.29, 0.717) is 6.04 Å². The minimum atomic E-state index is -0.174. The Morgan fingerprint density at radius 2 is 2.10 bits per heavy atom. The molecule has 0 atom stereocenters. The summed E-state index contributed by atoms with van der Waals surface area (Å²) in [5.41, 5.74) is 2.80. The van der Waals surface area contributed by atoms with Crippen LogP contribution in [0, 0.1) is 13.8 Å². The summed E-state index contributed by atoms with van der Waals surface area (Å²) in [7, 11) is 2.05. The molecule has 0 radical (unpaired) electrons. The van der Waals surface area contributed by atoms with E-state index < -0.39 is 0 Å². The molecule has 0 aliphatic carbocycles. The van der Waals surface area contributed by atoms with Crippen LogP contribution in [0.2, 0.25) is 0 Å². The van der Waals surface area contributed by atoms with Crippen molar-refractivity contribution < 1.29 is 0 Å². The summed E-state index contributed by atoms with van der Waals surface area (Å²) in [6, 6.07) is 1.95. The molecule has 0 bridgehead atoms. The number of aromatic nitrogens is 4. The highest BCUT2D eigenvalue weighted by Gasteiger charge is 2.31. The molecule has 3 rings (SSSR count). The summed E-state index contributed by atoms with van der Waals surface area (Å²) in [5, 5.41) is 6.22. The maximum absolute atomic E-state index is 11.3. The Kier molecular flexibility index (Phi) is 3.32. The summed E-state index contributed by atoms with van der Waals surface area (Å²) in [6.07, 6.45) is 3.28. The average Bonchev–Trinajstić information content (AvgIpc) is 2.40. The fourth-order valence-corrected chi connectivity index (χ4v) is 2.50. The van der Waals surface area contributed by atoms with Gasteiger partial charge in [0.2, 0.25) is 0 Å². The normalized spacial score (nSPS) is 14.9. The molecule has 1 saturated heterocycles. The van der Waals surface area contributed by atoms with Crippen molar-refractivity contribution >= 4 is 11.5 Å². The zero-order valence-corrected chi connectivity index (χ0v) is 12.4. The van der Waals surface area contributed by atoms with E-state index in [9.17, 15) is 4.79 Å². The number of nitrogens with zero attached hydrogens (tertiary/aromatic N) is 5. The van der Waals surface area contributed by atoms with Gasteiger partial charge in [-0.2, -0.15) is 5.10 Å². The predicted octanol–water partition coefficient (Wildman–Crippen LogP) is 0.502. The van der Waals surface area contributed by atoms with Gasteiger partial charge in [-0.1, -0.05) is 0 Å². The van der Waals surface area contributed by atoms with Gasteiger partial charge in [-0.25, -0.2) is 15.1 Å². The third kappa shape index (κ3) is 2.46. The Labute approximate surface area is 122 Å². The zero-order valence-electron chi connectivity index (χ0n) is 12.4. The molecule has 1 fully saturated rings. The number of rotatable bonds is 3. The van der Waals surface area contributed by atoms with E-state index in [1.807, 2.05) is 20.9 Å². The maximum atomic E-state index is 11.3. The van der Waals surface area contributed by atoms with Crippen molar-refractivity contribution in [2.45, 2.75) is 19.9 Å². The van der Waals surface area contributed by atoms with Crippen molar-refractivity contribution in [3.05, 3.63) is 40.2 Å². The van der Waals surface area contributed by atoms with E-state index in [1.54, 1.807) is 18.6 Å². The summed E-state index contributed by atoms with van der Waals surface area (Å²) < 4.78 is 0. The molecule has 1 aliphatic heterocycles. The SMILES string of the molecule is Cc1ncnc(N(C)C2CN(c3cn[nH]c(=O)c3)C2)c1C. The van der Waals surface area contributed by atoms with E-state index in [4.69, 9.17) is 0 Å². The second-order valence-electron chi connectivity index (χ2n) is 5.38. The minimum Gasteiger partial charge on any atom is -0.366 e. The fraction of sp³-hybridized carbons (Fsp3) is 0.429. The molecular weight excluding hydrogens is 268 g/mol. The molecule has 2 aromatic heterocycles. The summed E-state index contributed by atoms with van der Waals surface area (Å²) >= 11 is 0. The molecule has 0 unspecified atom stereocenters. The lowest BCUT2D eigenvalue weighted by Gasteiger charge is -2.45. The van der Waals surface area contributed by atoms with Crippen molar-refractivity contribution in [3.8, 4) is 0 Å². The molecule has 0 saturated carbocycles. The molecule has 0 aromatic carbocycles. The molecule has 1 N–H and O–H groups in total. The van der Waals surface area contributed by atoms with E-state index in [0.717, 1.165) is 35.9 Å². The van der Waals surface area contributed by atoms with Gasteiger partial charge in [0.15, 0.2) is 0 Å². The third-order valence-electron chi connectivity index (χ3n) is 4.07. The van der Waals surface area contributed by atoms with Crippen LogP contribution in [0.5, 0.6) is 0 Å². The standard InChI is InChI=1S/C14H18N6O/c1-9-10(2)15-8-16-14(9)19(3)12-6-20(7-12)11-4-13(21)18-17-5-11/h4-5,8,12H,6-7H2,1-3H3,(H,18,21). The van der Waals surface area contributed by atoms with Gasteiger partial charge in [0.1, 0.15) is 12.1 Å². The molecule has 1 aliphatic rings. The Bertz CT molecular complexity index is 707. The lowest BCUT2D eigenvalue weighted by molar-refractivity contribution is 0.491. The van der Waals surface area contributed by atoms with Crippen LogP contribution < -0.4 is 15.4 Å². The van der Waals surface area contributed by atoms with Gasteiger partial charge < -0.3 is 9.80 Å². The predicted molar refractivity (Wildman–Crippen MR) is 80.8 cm³/mol. The summed E-state index contributed by atoms with van der Waals surface area (Å²) in [4.78, 5) is 24.2. The Morgan fingerprint density at radius 1 is 1.33 bits per heavy atom. The van der Waals surface area contributed by atoms with Gasteiger partial charge in [0.05, 0.1) is 17.9 Å². The van der Waals surface area contributed by atoms with Crippen molar-refractivity contribution in [1.82, 2.24) is 20.2 Å². The number of hydrogen-bond donors (Lipinski definition) is 1. The lowest BCUT2D eigenvalue weighted by atomic mass is 10.1. The molecule has 21 heavy (non-hydrogen) atoms. The Balaban J connectivity index is 1.71. The number of aryl methyl sites for hydroxylation is 1. The molecule has 3 heterocycles. The number of nitrogens with one attached hydrogen (secondary N) is 1. The number of hydrogen-bond acceptors (Lipinski definition) is 6. The Morgan fingerprint density at radius 3 is 2.81 bits per heavy atom. The maximum Gasteiger partial charge on any atom is 0.266 e. The second-order valence-corrected chi connectivity index (χ2v) is 5.38. The third-order valence-corrected chi connectivity index (χ3v) is 4.07. The number of likely N-dealkylation sites (N-methyl/N-ethyl adjacent to an activating group) is 1. The van der Waals surface area contributed by atoms with Crippen LogP contribution in [0.3, 0.4) is 0 Å². The average molecular weight is 286 g/mol. The largest absolute Gasteiger partial charge is 0.366 e. The quantitative estimate of drug-likeness (QED) is 0.885. The molecule has 7 heteroatoms. The smallest absolute Gasteiger partial charge is 0.266 e. The number of aromatic amines is 1. The first-order chi connectivity index (χ1) is 10.1. The van der Waals surface area contributed by atoms with Gasteiger partial charge in [0, 0.05) is 37.5 Å². The first-order valence-electron chi connectivity index (χ1n) is 6.87. The van der Waals surface area contributed by atoms with Crippen LogP contribution in [0.25, 0.3) is 0 Å². The van der Waals surface area contributed by atoms with Gasteiger partial charge in [0.25, 0.3) is 5.56 Å². The van der Waals surface area contributed by atoms with E-state index in [2.05, 4.69) is 30.0 Å². The van der Waals surface area contributed by atoms with Crippen molar-refractivity contribution in [2.75, 3.05) is 29.9 Å². The van der Waals surface area contributed by atoms with E-state index in [1.165, 1.54) is 0 Å². The second kappa shape index (κ2) is 5.16. The molecule has 110 valence electrons. The van der Waals surface area contributed by atoms with Gasteiger partial charge in [-0.05, 0) is 13.8 Å². The van der Waals surface area contributed by atoms with Crippen molar-refractivity contribution in [1.29, 1.82) is 0 Å². The van der Waals surface area contributed by atoms with Crippen LogP contribution in [0.15, 0.2) is 23.4 Å². The molecule has 7 nitrogen and oxygen atoms in total. The fourth-order valence-electron chi connectivity index (χ4n) is 2.50. The van der Waals surface area contributed by atoms with E-state index >= 15 is 0 Å². The molecule has 0 spiro atoms.